The molecule has 1 heterocycles. The zero-order chi connectivity index (χ0) is 19.2. The molecule has 1 N–H and O–H groups in total. The fourth-order valence-electron chi connectivity index (χ4n) is 2.51. The Morgan fingerprint density at radius 1 is 1.15 bits per heavy atom. The Morgan fingerprint density at radius 2 is 1.85 bits per heavy atom. The Balaban J connectivity index is 1.79. The minimum Gasteiger partial charge on any atom is -0.477 e. The number of nitro benzene ring substituents is 1. The second kappa shape index (κ2) is 8.33. The molecule has 0 saturated heterocycles. The van der Waals surface area contributed by atoms with Crippen molar-refractivity contribution in [1.82, 2.24) is 4.98 Å². The fraction of sp³-hybridized carbons (Fsp3) is 0.105. The topological polar surface area (TPSA) is 106 Å². The number of thiazole rings is 1. The van der Waals surface area contributed by atoms with Crippen molar-refractivity contribution in [3.05, 3.63) is 80.7 Å². The molecule has 0 aliphatic carbocycles. The molecule has 8 heteroatoms. The van der Waals surface area contributed by atoms with Crippen LogP contribution in [0.5, 0.6) is 0 Å². The lowest BCUT2D eigenvalue weighted by Gasteiger charge is -2.03. The van der Waals surface area contributed by atoms with Crippen LogP contribution in [0.4, 0.5) is 5.69 Å². The second-order valence-electron chi connectivity index (χ2n) is 5.62. The molecule has 0 amide bonds. The number of carbonyl (C=O) groups is 1. The Morgan fingerprint density at radius 3 is 2.56 bits per heavy atom. The highest BCUT2D eigenvalue weighted by molar-refractivity contribution is 7.09. The van der Waals surface area contributed by atoms with Crippen molar-refractivity contribution in [2.45, 2.75) is 13.0 Å². The van der Waals surface area contributed by atoms with Crippen LogP contribution >= 0.6 is 11.3 Å². The minimum atomic E-state index is -1.20. The van der Waals surface area contributed by atoms with Crippen LogP contribution in [-0.2, 0) is 17.8 Å². The largest absolute Gasteiger partial charge is 0.477 e. The predicted octanol–water partition coefficient (Wildman–Crippen LogP) is 3.99. The number of hydrogen-bond acceptors (Lipinski definition) is 6. The van der Waals surface area contributed by atoms with E-state index in [2.05, 4.69) is 9.98 Å². The van der Waals surface area contributed by atoms with Gasteiger partial charge in [0, 0.05) is 29.0 Å². The van der Waals surface area contributed by atoms with E-state index in [-0.39, 0.29) is 24.4 Å². The summed E-state index contributed by atoms with van der Waals surface area (Å²) in [5, 5.41) is 23.1. The van der Waals surface area contributed by atoms with Crippen LogP contribution in [0.15, 0.2) is 65.0 Å². The molecular formula is C19H15N3O4S. The standard InChI is InChI=1S/C19H15N3O4S/c23-19(24)15(10-14-8-4-5-9-17(14)22(25)26)20-11-18-21-16(12-27-18)13-6-2-1-3-7-13/h1-9,12H,10-11H2,(H,23,24). The third kappa shape index (κ3) is 4.62. The quantitative estimate of drug-likeness (QED) is 0.378. The summed E-state index contributed by atoms with van der Waals surface area (Å²) in [4.78, 5) is 30.7. The van der Waals surface area contributed by atoms with Crippen LogP contribution in [0.1, 0.15) is 10.6 Å². The van der Waals surface area contributed by atoms with Gasteiger partial charge in [-0.25, -0.2) is 9.78 Å². The molecule has 27 heavy (non-hydrogen) atoms. The van der Waals surface area contributed by atoms with Gasteiger partial charge in [0.05, 0.1) is 17.2 Å². The first-order valence-corrected chi connectivity index (χ1v) is 8.91. The van der Waals surface area contributed by atoms with Crippen molar-refractivity contribution in [3.63, 3.8) is 0 Å². The smallest absolute Gasteiger partial charge is 0.350 e. The lowest BCUT2D eigenvalue weighted by Crippen LogP contribution is -2.17. The Labute approximate surface area is 158 Å². The third-order valence-corrected chi connectivity index (χ3v) is 4.65. The van der Waals surface area contributed by atoms with E-state index in [0.717, 1.165) is 11.3 Å². The number of nitro groups is 1. The number of rotatable bonds is 7. The number of aromatic nitrogens is 1. The number of aliphatic imine (C=N–C) groups is 1. The normalized spacial score (nSPS) is 11.3. The van der Waals surface area contributed by atoms with Gasteiger partial charge in [-0.2, -0.15) is 0 Å². The SMILES string of the molecule is O=C(O)C(Cc1ccccc1[N+](=O)[O-])=NCc1nc(-c2ccccc2)cs1. The predicted molar refractivity (Wildman–Crippen MR) is 103 cm³/mol. The Kier molecular flexibility index (Phi) is 5.68. The minimum absolute atomic E-state index is 0.111. The van der Waals surface area contributed by atoms with Crippen molar-refractivity contribution < 1.29 is 14.8 Å². The van der Waals surface area contributed by atoms with Crippen molar-refractivity contribution in [3.8, 4) is 11.3 Å². The molecule has 0 bridgehead atoms. The van der Waals surface area contributed by atoms with Crippen molar-refractivity contribution in [1.29, 1.82) is 0 Å². The van der Waals surface area contributed by atoms with E-state index >= 15 is 0 Å². The molecule has 3 rings (SSSR count). The van der Waals surface area contributed by atoms with Crippen LogP contribution in [0.25, 0.3) is 11.3 Å². The molecular weight excluding hydrogens is 366 g/mol. The van der Waals surface area contributed by atoms with Crippen molar-refractivity contribution in [2.75, 3.05) is 0 Å². The van der Waals surface area contributed by atoms with E-state index in [1.165, 1.54) is 23.5 Å². The lowest BCUT2D eigenvalue weighted by atomic mass is 10.1. The number of nitrogens with zero attached hydrogens (tertiary/aromatic N) is 3. The Hall–Kier alpha value is -3.39. The van der Waals surface area contributed by atoms with E-state index in [0.29, 0.717) is 10.6 Å². The van der Waals surface area contributed by atoms with Crippen LogP contribution in [0.3, 0.4) is 0 Å². The monoisotopic (exact) mass is 381 g/mol. The van der Waals surface area contributed by atoms with Gasteiger partial charge in [-0.15, -0.1) is 11.3 Å². The summed E-state index contributed by atoms with van der Waals surface area (Å²) < 4.78 is 0. The van der Waals surface area contributed by atoms with Gasteiger partial charge in [-0.1, -0.05) is 48.5 Å². The van der Waals surface area contributed by atoms with Crippen LogP contribution in [0.2, 0.25) is 0 Å². The van der Waals surface area contributed by atoms with Gasteiger partial charge in [-0.3, -0.25) is 15.1 Å². The molecule has 1 aromatic heterocycles. The van der Waals surface area contributed by atoms with Gasteiger partial charge in [-0.05, 0) is 0 Å². The number of benzene rings is 2. The highest BCUT2D eigenvalue weighted by Crippen LogP contribution is 2.22. The maximum atomic E-state index is 11.5. The third-order valence-electron chi connectivity index (χ3n) is 3.82. The first-order chi connectivity index (χ1) is 13.0. The van der Waals surface area contributed by atoms with Gasteiger partial charge < -0.3 is 5.11 Å². The molecule has 0 spiro atoms. The summed E-state index contributed by atoms with van der Waals surface area (Å²) in [6.45, 7) is 0.111. The highest BCUT2D eigenvalue weighted by atomic mass is 32.1. The average molecular weight is 381 g/mol. The zero-order valence-electron chi connectivity index (χ0n) is 14.1. The number of carboxylic acids is 1. The van der Waals surface area contributed by atoms with Gasteiger partial charge in [0.1, 0.15) is 10.7 Å². The van der Waals surface area contributed by atoms with E-state index in [9.17, 15) is 20.0 Å². The molecule has 136 valence electrons. The van der Waals surface area contributed by atoms with Gasteiger partial charge in [0.2, 0.25) is 0 Å². The van der Waals surface area contributed by atoms with E-state index < -0.39 is 10.9 Å². The molecule has 7 nitrogen and oxygen atoms in total. The van der Waals surface area contributed by atoms with E-state index in [1.807, 2.05) is 35.7 Å². The summed E-state index contributed by atoms with van der Waals surface area (Å²) in [5.74, 6) is -1.20. The first kappa shape index (κ1) is 18.4. The van der Waals surface area contributed by atoms with Gasteiger partial charge >= 0.3 is 5.97 Å². The summed E-state index contributed by atoms with van der Waals surface area (Å²) in [6, 6.07) is 15.7. The molecule has 0 saturated carbocycles. The van der Waals surface area contributed by atoms with Crippen molar-refractivity contribution >= 4 is 28.7 Å². The second-order valence-corrected chi connectivity index (χ2v) is 6.57. The summed E-state index contributed by atoms with van der Waals surface area (Å²) in [6.07, 6.45) is -0.122. The maximum Gasteiger partial charge on any atom is 0.350 e. The summed E-state index contributed by atoms with van der Waals surface area (Å²) in [7, 11) is 0. The molecule has 0 unspecified atom stereocenters. The van der Waals surface area contributed by atoms with Gasteiger partial charge in [0.25, 0.3) is 5.69 Å². The molecule has 0 fully saturated rings. The number of para-hydroxylation sites is 1. The molecule has 0 atom stereocenters. The van der Waals surface area contributed by atoms with Crippen LogP contribution in [-0.4, -0.2) is 26.7 Å². The maximum absolute atomic E-state index is 11.5. The number of carboxylic acid groups (broad SMARTS) is 1. The number of aliphatic carboxylic acids is 1. The average Bonchev–Trinajstić information content (AvgIpc) is 3.15. The van der Waals surface area contributed by atoms with E-state index in [4.69, 9.17) is 0 Å². The first-order valence-electron chi connectivity index (χ1n) is 8.03. The molecule has 0 aliphatic rings. The molecule has 0 aliphatic heterocycles. The summed E-state index contributed by atoms with van der Waals surface area (Å²) >= 11 is 1.39. The molecule has 0 radical (unpaired) electrons. The Bertz CT molecular complexity index is 999. The zero-order valence-corrected chi connectivity index (χ0v) is 14.9. The van der Waals surface area contributed by atoms with Gasteiger partial charge in [0.15, 0.2) is 0 Å². The van der Waals surface area contributed by atoms with E-state index in [1.54, 1.807) is 12.1 Å². The fourth-order valence-corrected chi connectivity index (χ4v) is 3.23. The number of hydrogen-bond donors (Lipinski definition) is 1. The van der Waals surface area contributed by atoms with Crippen molar-refractivity contribution in [2.24, 2.45) is 4.99 Å². The van der Waals surface area contributed by atoms with Crippen LogP contribution in [0, 0.1) is 10.1 Å². The molecule has 3 aromatic rings. The lowest BCUT2D eigenvalue weighted by molar-refractivity contribution is -0.385. The van der Waals surface area contributed by atoms with Crippen LogP contribution < -0.4 is 0 Å². The molecule has 2 aromatic carbocycles. The highest BCUT2D eigenvalue weighted by Gasteiger charge is 2.18. The summed E-state index contributed by atoms with van der Waals surface area (Å²) in [5.41, 5.74) is 1.84.